The van der Waals surface area contributed by atoms with Gasteiger partial charge in [-0.15, -0.1) is 0 Å². The number of rotatable bonds is 0. The Hall–Kier alpha value is 0.870. The molecule has 0 unspecified atom stereocenters. The quantitative estimate of drug-likeness (QED) is 0.501. The van der Waals surface area contributed by atoms with Crippen LogP contribution in [0.1, 0.15) is 0 Å². The van der Waals surface area contributed by atoms with Gasteiger partial charge in [0.2, 0.25) is 0 Å². The summed E-state index contributed by atoms with van der Waals surface area (Å²) < 4.78 is 7.13. The van der Waals surface area contributed by atoms with Crippen LogP contribution in [-0.2, 0) is 0 Å². The van der Waals surface area contributed by atoms with Gasteiger partial charge in [-0.05, 0) is 0 Å². The summed E-state index contributed by atoms with van der Waals surface area (Å²) in [6, 6.07) is 0. The van der Waals surface area contributed by atoms with Crippen LogP contribution >= 0.6 is 0 Å². The molecule has 0 aliphatic heterocycles. The van der Waals surface area contributed by atoms with Crippen LogP contribution in [0.4, 0.5) is 0 Å². The van der Waals surface area contributed by atoms with E-state index in [1.165, 1.54) is 0 Å². The third kappa shape index (κ3) is 13.3. The van der Waals surface area contributed by atoms with Crippen molar-refractivity contribution in [3.63, 3.8) is 0 Å². The van der Waals surface area contributed by atoms with Crippen molar-refractivity contribution < 1.29 is 0 Å². The summed E-state index contributed by atoms with van der Waals surface area (Å²) >= 11 is -0.637. The average Bonchev–Trinajstić information content (AvgIpc) is 0.811. The molecule has 0 rings (SSSR count). The maximum absolute atomic E-state index is 2.38. The van der Waals surface area contributed by atoms with Gasteiger partial charge in [0, 0.05) is 0 Å². The topological polar surface area (TPSA) is 0 Å². The number of hydrogen-bond acceptors (Lipinski definition) is 0. The first kappa shape index (κ1) is 4.87. The molecule has 0 aromatic rings. The fraction of sp³-hybridized carbons (Fsp3) is 1.00. The standard InChI is InChI=1S/3CH3.In/h3*1H3;/q;;;-2. The Morgan fingerprint density at radius 2 is 1.00 bits per heavy atom. The normalized spacial score (nSPS) is 9.00. The molecule has 0 nitrogen and oxygen atoms in total. The summed E-state index contributed by atoms with van der Waals surface area (Å²) in [4.78, 5) is 0. The predicted molar refractivity (Wildman–Crippen MR) is 23.3 cm³/mol. The Kier molecular flexibility index (Phi) is 2.59. The molecule has 0 bridgehead atoms. The Balaban J connectivity index is 2.32. The van der Waals surface area contributed by atoms with Gasteiger partial charge in [0.05, 0.1) is 0 Å². The Bertz CT molecular complexity index is 8.00. The minimum atomic E-state index is -0.637. The van der Waals surface area contributed by atoms with Crippen LogP contribution in [0.2, 0.25) is 14.0 Å². The number of hydrogen-bond donors (Lipinski definition) is 0. The van der Waals surface area contributed by atoms with Crippen molar-refractivity contribution >= 4 is 21.4 Å². The summed E-state index contributed by atoms with van der Waals surface area (Å²) in [6.07, 6.45) is 0. The maximum atomic E-state index is 2.38. The zero-order valence-corrected chi connectivity index (χ0v) is 6.87. The zero-order chi connectivity index (χ0) is 3.58. The van der Waals surface area contributed by atoms with Gasteiger partial charge in [-0.1, -0.05) is 0 Å². The molecule has 0 saturated carbocycles. The molecule has 1 heteroatoms. The van der Waals surface area contributed by atoms with Crippen molar-refractivity contribution in [1.29, 1.82) is 0 Å². The predicted octanol–water partition coefficient (Wildman–Crippen LogP) is 1.37. The summed E-state index contributed by atoms with van der Waals surface area (Å²) in [5, 5.41) is 0. The van der Waals surface area contributed by atoms with Crippen molar-refractivity contribution in [1.82, 2.24) is 0 Å². The summed E-state index contributed by atoms with van der Waals surface area (Å²) in [7, 11) is 0. The Labute approximate surface area is 35.7 Å². The van der Waals surface area contributed by atoms with Crippen molar-refractivity contribution in [2.45, 2.75) is 14.0 Å². The molecule has 26 valence electrons. The van der Waals surface area contributed by atoms with Crippen molar-refractivity contribution in [3.8, 4) is 0 Å². The van der Waals surface area contributed by atoms with E-state index in [0.717, 1.165) is 0 Å². The van der Waals surface area contributed by atoms with E-state index in [1.54, 1.807) is 0 Å². The molecule has 0 spiro atoms. The fourth-order valence-electron chi connectivity index (χ4n) is 0. The first-order chi connectivity index (χ1) is 1.73. The second-order valence-corrected chi connectivity index (χ2v) is 11.6. The monoisotopic (exact) mass is 160 g/mol. The van der Waals surface area contributed by atoms with E-state index in [2.05, 4.69) is 14.0 Å². The Morgan fingerprint density at radius 1 is 1.00 bits per heavy atom. The van der Waals surface area contributed by atoms with Gasteiger partial charge in [0.15, 0.2) is 0 Å². The third-order valence-electron chi connectivity index (χ3n) is 0. The molecule has 0 aromatic heterocycles. The van der Waals surface area contributed by atoms with Crippen LogP contribution in [-0.4, -0.2) is 21.4 Å². The molecular formula is C3H9In-2. The van der Waals surface area contributed by atoms with Crippen molar-refractivity contribution in [2.24, 2.45) is 0 Å². The van der Waals surface area contributed by atoms with E-state index in [4.69, 9.17) is 0 Å². The average molecular weight is 160 g/mol. The van der Waals surface area contributed by atoms with Crippen molar-refractivity contribution in [2.75, 3.05) is 0 Å². The van der Waals surface area contributed by atoms with E-state index in [1.807, 2.05) is 0 Å². The molecule has 0 amide bonds. The van der Waals surface area contributed by atoms with Gasteiger partial charge >= 0.3 is 35.5 Å². The van der Waals surface area contributed by atoms with Crippen LogP contribution in [0, 0.1) is 0 Å². The first-order valence-corrected chi connectivity index (χ1v) is 11.6. The van der Waals surface area contributed by atoms with Crippen molar-refractivity contribution in [3.05, 3.63) is 0 Å². The summed E-state index contributed by atoms with van der Waals surface area (Å²) in [5.74, 6) is 0. The molecule has 0 saturated heterocycles. The van der Waals surface area contributed by atoms with E-state index >= 15 is 0 Å². The van der Waals surface area contributed by atoms with E-state index in [-0.39, 0.29) is 0 Å². The molecule has 0 heterocycles. The Morgan fingerprint density at radius 3 is 1.00 bits per heavy atom. The molecule has 0 fully saturated rings. The summed E-state index contributed by atoms with van der Waals surface area (Å²) in [5.41, 5.74) is 0. The van der Waals surface area contributed by atoms with Gasteiger partial charge in [0.1, 0.15) is 0 Å². The second-order valence-electron chi connectivity index (χ2n) is 1.73. The zero-order valence-electron chi connectivity index (χ0n) is 3.58. The fourth-order valence-corrected chi connectivity index (χ4v) is 0. The molecule has 4 heavy (non-hydrogen) atoms. The van der Waals surface area contributed by atoms with Crippen LogP contribution < -0.4 is 0 Å². The van der Waals surface area contributed by atoms with E-state index in [0.29, 0.717) is 0 Å². The molecule has 0 aromatic carbocycles. The molecule has 0 aliphatic rings. The molecular weight excluding hydrogens is 151 g/mol. The molecule has 0 radical (unpaired) electrons. The van der Waals surface area contributed by atoms with Crippen LogP contribution in [0.15, 0.2) is 0 Å². The van der Waals surface area contributed by atoms with Gasteiger partial charge in [0.25, 0.3) is 0 Å². The van der Waals surface area contributed by atoms with Crippen LogP contribution in [0.5, 0.6) is 0 Å². The SMILES string of the molecule is [CH3][In-2]([CH3])[CH3]. The molecule has 0 atom stereocenters. The third-order valence-corrected chi connectivity index (χ3v) is 0. The molecule has 0 aliphatic carbocycles. The van der Waals surface area contributed by atoms with Gasteiger partial charge in [-0.3, -0.25) is 0 Å². The van der Waals surface area contributed by atoms with Gasteiger partial charge in [-0.25, -0.2) is 0 Å². The van der Waals surface area contributed by atoms with Gasteiger partial charge in [-0.2, -0.15) is 0 Å². The van der Waals surface area contributed by atoms with Gasteiger partial charge < -0.3 is 0 Å². The van der Waals surface area contributed by atoms with Crippen LogP contribution in [0.25, 0.3) is 0 Å². The second kappa shape index (κ2) is 2.13. The molecule has 0 N–H and O–H groups in total. The van der Waals surface area contributed by atoms with E-state index in [9.17, 15) is 0 Å². The van der Waals surface area contributed by atoms with Crippen LogP contribution in [0.3, 0.4) is 0 Å². The first-order valence-electron chi connectivity index (χ1n) is 1.73. The minimum absolute atomic E-state index is 0.637. The summed E-state index contributed by atoms with van der Waals surface area (Å²) in [6.45, 7) is 0. The van der Waals surface area contributed by atoms with E-state index < -0.39 is 21.4 Å².